The van der Waals surface area contributed by atoms with Gasteiger partial charge in [-0.15, -0.1) is 0 Å². The van der Waals surface area contributed by atoms with E-state index in [1.165, 1.54) is 7.11 Å². The molecule has 1 atom stereocenters. The lowest BCUT2D eigenvalue weighted by Gasteiger charge is -2.34. The van der Waals surface area contributed by atoms with Crippen molar-refractivity contribution in [1.82, 2.24) is 14.9 Å². The standard InChI is InChI=1S/C13H18ClN3O2/c1-9-7-11(14)16-13(15-9)10-5-3-4-6-17(10)12(18)8-19-2/h7,10H,3-6,8H2,1-2H3. The third kappa shape index (κ3) is 3.42. The fourth-order valence-corrected chi connectivity index (χ4v) is 2.65. The Morgan fingerprint density at radius 2 is 2.32 bits per heavy atom. The van der Waals surface area contributed by atoms with Crippen molar-refractivity contribution in [3.8, 4) is 0 Å². The minimum absolute atomic E-state index is 0.0200. The van der Waals surface area contributed by atoms with Crippen molar-refractivity contribution in [2.75, 3.05) is 20.3 Å². The minimum Gasteiger partial charge on any atom is -0.375 e. The van der Waals surface area contributed by atoms with E-state index in [4.69, 9.17) is 16.3 Å². The van der Waals surface area contributed by atoms with Crippen LogP contribution in [-0.4, -0.2) is 41.0 Å². The summed E-state index contributed by atoms with van der Waals surface area (Å²) < 4.78 is 4.93. The number of amides is 1. The van der Waals surface area contributed by atoms with Crippen molar-refractivity contribution in [2.45, 2.75) is 32.2 Å². The normalized spacial score (nSPS) is 19.5. The van der Waals surface area contributed by atoms with E-state index in [0.29, 0.717) is 11.0 Å². The lowest BCUT2D eigenvalue weighted by molar-refractivity contribution is -0.139. The van der Waals surface area contributed by atoms with E-state index in [2.05, 4.69) is 9.97 Å². The van der Waals surface area contributed by atoms with Gasteiger partial charge in [-0.3, -0.25) is 4.79 Å². The molecule has 1 amide bonds. The molecule has 1 aromatic rings. The average molecular weight is 284 g/mol. The van der Waals surface area contributed by atoms with Gasteiger partial charge in [-0.25, -0.2) is 9.97 Å². The highest BCUT2D eigenvalue weighted by molar-refractivity contribution is 6.29. The van der Waals surface area contributed by atoms with E-state index in [9.17, 15) is 4.79 Å². The average Bonchev–Trinajstić information content (AvgIpc) is 2.38. The topological polar surface area (TPSA) is 55.3 Å². The van der Waals surface area contributed by atoms with Gasteiger partial charge in [0.15, 0.2) is 5.82 Å². The molecule has 0 N–H and O–H groups in total. The van der Waals surface area contributed by atoms with Crippen molar-refractivity contribution in [2.24, 2.45) is 0 Å². The predicted octanol–water partition coefficient (Wildman–Crippen LogP) is 2.14. The molecule has 1 aliphatic rings. The zero-order valence-electron chi connectivity index (χ0n) is 11.2. The van der Waals surface area contributed by atoms with Gasteiger partial charge in [0.1, 0.15) is 11.8 Å². The van der Waals surface area contributed by atoms with E-state index in [0.717, 1.165) is 31.5 Å². The first-order valence-electron chi connectivity index (χ1n) is 6.41. The Morgan fingerprint density at radius 1 is 1.53 bits per heavy atom. The Bertz CT molecular complexity index is 447. The van der Waals surface area contributed by atoms with Gasteiger partial charge in [0, 0.05) is 19.3 Å². The number of hydrogen-bond acceptors (Lipinski definition) is 4. The zero-order valence-corrected chi connectivity index (χ0v) is 12.0. The number of nitrogens with zero attached hydrogens (tertiary/aromatic N) is 3. The molecule has 1 saturated heterocycles. The molecule has 104 valence electrons. The second-order valence-electron chi connectivity index (χ2n) is 4.72. The van der Waals surface area contributed by atoms with Crippen LogP contribution in [0.25, 0.3) is 0 Å². The highest BCUT2D eigenvalue weighted by Crippen LogP contribution is 2.29. The third-order valence-electron chi connectivity index (χ3n) is 3.23. The fraction of sp³-hybridized carbons (Fsp3) is 0.615. The van der Waals surface area contributed by atoms with Crippen LogP contribution in [0, 0.1) is 6.92 Å². The summed E-state index contributed by atoms with van der Waals surface area (Å²) in [4.78, 5) is 22.6. The number of ether oxygens (including phenoxy) is 1. The number of aryl methyl sites for hydroxylation is 1. The van der Waals surface area contributed by atoms with Crippen LogP contribution in [0.1, 0.15) is 36.8 Å². The van der Waals surface area contributed by atoms with Crippen LogP contribution < -0.4 is 0 Å². The van der Waals surface area contributed by atoms with Crippen molar-refractivity contribution < 1.29 is 9.53 Å². The summed E-state index contributed by atoms with van der Waals surface area (Å²) in [5.74, 6) is 0.614. The van der Waals surface area contributed by atoms with Crippen LogP contribution in [0.15, 0.2) is 6.07 Å². The number of aromatic nitrogens is 2. The molecular formula is C13H18ClN3O2. The fourth-order valence-electron chi connectivity index (χ4n) is 2.41. The van der Waals surface area contributed by atoms with E-state index in [-0.39, 0.29) is 18.6 Å². The quantitative estimate of drug-likeness (QED) is 0.798. The molecule has 1 aromatic heterocycles. The molecule has 1 aliphatic heterocycles. The number of halogens is 1. The smallest absolute Gasteiger partial charge is 0.249 e. The van der Waals surface area contributed by atoms with Gasteiger partial charge in [0.05, 0.1) is 6.04 Å². The van der Waals surface area contributed by atoms with Gasteiger partial charge in [0.25, 0.3) is 0 Å². The van der Waals surface area contributed by atoms with Crippen molar-refractivity contribution in [3.05, 3.63) is 22.7 Å². The van der Waals surface area contributed by atoms with Gasteiger partial charge in [0.2, 0.25) is 5.91 Å². The number of hydrogen-bond donors (Lipinski definition) is 0. The van der Waals surface area contributed by atoms with Gasteiger partial charge in [-0.1, -0.05) is 11.6 Å². The molecule has 6 heteroatoms. The molecule has 2 heterocycles. The summed E-state index contributed by atoms with van der Waals surface area (Å²) in [5, 5.41) is 0.423. The Morgan fingerprint density at radius 3 is 3.00 bits per heavy atom. The summed E-state index contributed by atoms with van der Waals surface area (Å²) in [5.41, 5.74) is 0.819. The summed E-state index contributed by atoms with van der Waals surface area (Å²) in [6, 6.07) is 1.63. The molecule has 0 aliphatic carbocycles. The number of rotatable bonds is 3. The van der Waals surface area contributed by atoms with Crippen LogP contribution >= 0.6 is 11.6 Å². The first-order chi connectivity index (χ1) is 9.11. The van der Waals surface area contributed by atoms with Gasteiger partial charge in [-0.2, -0.15) is 0 Å². The highest BCUT2D eigenvalue weighted by atomic mass is 35.5. The van der Waals surface area contributed by atoms with Crippen LogP contribution in [0.3, 0.4) is 0 Å². The van der Waals surface area contributed by atoms with Crippen molar-refractivity contribution in [3.63, 3.8) is 0 Å². The minimum atomic E-state index is -0.0891. The summed E-state index contributed by atoms with van der Waals surface area (Å²) >= 11 is 5.98. The molecule has 0 radical (unpaired) electrons. The molecule has 0 bridgehead atoms. The zero-order chi connectivity index (χ0) is 13.8. The summed E-state index contributed by atoms with van der Waals surface area (Å²) in [6.45, 7) is 2.69. The van der Waals surface area contributed by atoms with Crippen LogP contribution in [0.4, 0.5) is 0 Å². The van der Waals surface area contributed by atoms with Gasteiger partial charge in [-0.05, 0) is 32.3 Å². The number of piperidine rings is 1. The molecule has 19 heavy (non-hydrogen) atoms. The van der Waals surface area contributed by atoms with Gasteiger partial charge >= 0.3 is 0 Å². The molecule has 1 fully saturated rings. The number of methoxy groups -OCH3 is 1. The predicted molar refractivity (Wildman–Crippen MR) is 72.0 cm³/mol. The third-order valence-corrected chi connectivity index (χ3v) is 3.42. The lowest BCUT2D eigenvalue weighted by Crippen LogP contribution is -2.41. The first-order valence-corrected chi connectivity index (χ1v) is 6.79. The van der Waals surface area contributed by atoms with E-state index in [1.54, 1.807) is 11.0 Å². The van der Waals surface area contributed by atoms with Crippen molar-refractivity contribution in [1.29, 1.82) is 0 Å². The maximum absolute atomic E-state index is 12.1. The lowest BCUT2D eigenvalue weighted by atomic mass is 10.0. The highest BCUT2D eigenvalue weighted by Gasteiger charge is 2.30. The van der Waals surface area contributed by atoms with E-state index >= 15 is 0 Å². The molecule has 2 rings (SSSR count). The van der Waals surface area contributed by atoms with Gasteiger partial charge < -0.3 is 9.64 Å². The van der Waals surface area contributed by atoms with Crippen LogP contribution in [0.5, 0.6) is 0 Å². The SMILES string of the molecule is COCC(=O)N1CCCCC1c1nc(C)cc(Cl)n1. The monoisotopic (exact) mass is 283 g/mol. The van der Waals surface area contributed by atoms with E-state index in [1.807, 2.05) is 6.92 Å². The maximum Gasteiger partial charge on any atom is 0.249 e. The maximum atomic E-state index is 12.1. The molecule has 0 aromatic carbocycles. The number of carbonyl (C=O) groups is 1. The first kappa shape index (κ1) is 14.2. The summed E-state index contributed by atoms with van der Waals surface area (Å²) in [7, 11) is 1.52. The molecule has 1 unspecified atom stereocenters. The summed E-state index contributed by atoms with van der Waals surface area (Å²) in [6.07, 6.45) is 2.94. The second-order valence-corrected chi connectivity index (χ2v) is 5.11. The largest absolute Gasteiger partial charge is 0.375 e. The molecule has 0 saturated carbocycles. The Kier molecular flexibility index (Phi) is 4.71. The van der Waals surface area contributed by atoms with E-state index < -0.39 is 0 Å². The Labute approximate surface area is 117 Å². The molecule has 5 nitrogen and oxygen atoms in total. The van der Waals surface area contributed by atoms with Crippen LogP contribution in [0.2, 0.25) is 5.15 Å². The Hall–Kier alpha value is -1.20. The Balaban J connectivity index is 2.25. The molecular weight excluding hydrogens is 266 g/mol. The second kappa shape index (κ2) is 6.30. The van der Waals surface area contributed by atoms with Crippen molar-refractivity contribution >= 4 is 17.5 Å². The number of likely N-dealkylation sites (tertiary alicyclic amines) is 1. The van der Waals surface area contributed by atoms with Crippen LogP contribution in [-0.2, 0) is 9.53 Å². The number of carbonyl (C=O) groups excluding carboxylic acids is 1. The molecule has 0 spiro atoms.